The van der Waals surface area contributed by atoms with Crippen LogP contribution in [0, 0.1) is 0 Å². The number of hydrogen-bond acceptors (Lipinski definition) is 5. The molecule has 1 rings (SSSR count). The molecular formula is C13H19N3O4. The number of anilines is 1. The molecule has 0 saturated carbocycles. The number of carbonyl (C=O) groups is 2. The maximum atomic E-state index is 12.1. The number of rotatable bonds is 5. The van der Waals surface area contributed by atoms with E-state index < -0.39 is 6.03 Å². The zero-order valence-corrected chi connectivity index (χ0v) is 11.8. The van der Waals surface area contributed by atoms with Gasteiger partial charge < -0.3 is 20.5 Å². The first-order chi connectivity index (χ1) is 9.54. The highest BCUT2D eigenvalue weighted by Gasteiger charge is 2.20. The molecule has 0 aromatic heterocycles. The van der Waals surface area contributed by atoms with Crippen molar-refractivity contribution in [2.75, 3.05) is 32.6 Å². The van der Waals surface area contributed by atoms with Gasteiger partial charge in [-0.3, -0.25) is 9.69 Å². The zero-order chi connectivity index (χ0) is 15.1. The van der Waals surface area contributed by atoms with E-state index in [-0.39, 0.29) is 19.0 Å². The lowest BCUT2D eigenvalue weighted by Crippen LogP contribution is -2.41. The van der Waals surface area contributed by atoms with Gasteiger partial charge in [0.1, 0.15) is 17.2 Å². The summed E-state index contributed by atoms with van der Waals surface area (Å²) in [6.07, 6.45) is 0. The molecule has 3 amide bonds. The van der Waals surface area contributed by atoms with Crippen LogP contribution in [0.25, 0.3) is 0 Å². The van der Waals surface area contributed by atoms with E-state index >= 15 is 0 Å². The number of imide groups is 1. The van der Waals surface area contributed by atoms with Crippen LogP contribution in [0.15, 0.2) is 18.2 Å². The van der Waals surface area contributed by atoms with E-state index in [1.165, 1.54) is 21.1 Å². The molecule has 0 radical (unpaired) electrons. The second-order valence-corrected chi connectivity index (χ2v) is 3.93. The molecule has 1 aromatic rings. The Hall–Kier alpha value is -2.28. The average molecular weight is 281 g/mol. The molecule has 1 aromatic carbocycles. The monoisotopic (exact) mass is 281 g/mol. The molecule has 7 heteroatoms. The number of benzene rings is 1. The lowest BCUT2D eigenvalue weighted by atomic mass is 10.2. The largest absolute Gasteiger partial charge is 0.494 e. The Morgan fingerprint density at radius 3 is 2.20 bits per heavy atom. The van der Waals surface area contributed by atoms with Crippen LogP contribution in [0.4, 0.5) is 10.5 Å². The standard InChI is InChI=1S/C13H19N3O4/c1-9(17)16(8-7-14)13(18)15-12-10(19-2)5-4-6-11(12)20-3/h4-6H,7-8,14H2,1-3H3,(H,15,18). The lowest BCUT2D eigenvalue weighted by molar-refractivity contribution is -0.125. The first kappa shape index (κ1) is 15.8. The first-order valence-corrected chi connectivity index (χ1v) is 6.05. The van der Waals surface area contributed by atoms with E-state index in [0.717, 1.165) is 4.90 Å². The Morgan fingerprint density at radius 1 is 1.25 bits per heavy atom. The summed E-state index contributed by atoms with van der Waals surface area (Å²) >= 11 is 0. The average Bonchev–Trinajstić information content (AvgIpc) is 2.44. The Morgan fingerprint density at radius 2 is 1.80 bits per heavy atom. The van der Waals surface area contributed by atoms with Gasteiger partial charge in [-0.1, -0.05) is 6.07 Å². The number of hydrogen-bond donors (Lipinski definition) is 2. The number of nitrogens with zero attached hydrogens (tertiary/aromatic N) is 1. The van der Waals surface area contributed by atoms with E-state index in [1.807, 2.05) is 0 Å². The van der Waals surface area contributed by atoms with Crippen molar-refractivity contribution in [2.45, 2.75) is 6.92 Å². The Balaban J connectivity index is 3.02. The molecule has 0 unspecified atom stereocenters. The van der Waals surface area contributed by atoms with Crippen molar-refractivity contribution in [3.8, 4) is 11.5 Å². The minimum atomic E-state index is -0.578. The quantitative estimate of drug-likeness (QED) is 0.841. The first-order valence-electron chi connectivity index (χ1n) is 6.05. The van der Waals surface area contributed by atoms with Gasteiger partial charge in [0.15, 0.2) is 0 Å². The topological polar surface area (TPSA) is 93.9 Å². The second-order valence-electron chi connectivity index (χ2n) is 3.93. The summed E-state index contributed by atoms with van der Waals surface area (Å²) in [4.78, 5) is 24.5. The maximum Gasteiger partial charge on any atom is 0.328 e. The van der Waals surface area contributed by atoms with Crippen molar-refractivity contribution in [3.63, 3.8) is 0 Å². The summed E-state index contributed by atoms with van der Waals surface area (Å²) in [5.41, 5.74) is 5.75. The fourth-order valence-corrected chi connectivity index (χ4v) is 1.68. The van der Waals surface area contributed by atoms with Crippen molar-refractivity contribution in [1.29, 1.82) is 0 Å². The number of nitrogens with two attached hydrogens (primary N) is 1. The number of ether oxygens (including phenoxy) is 2. The number of amides is 3. The van der Waals surface area contributed by atoms with Crippen LogP contribution in [-0.2, 0) is 4.79 Å². The molecular weight excluding hydrogens is 262 g/mol. The van der Waals surface area contributed by atoms with Crippen LogP contribution in [0.3, 0.4) is 0 Å². The second kappa shape index (κ2) is 7.34. The van der Waals surface area contributed by atoms with Crippen LogP contribution in [0.1, 0.15) is 6.92 Å². The maximum absolute atomic E-state index is 12.1. The molecule has 0 heterocycles. The highest BCUT2D eigenvalue weighted by Crippen LogP contribution is 2.34. The van der Waals surface area contributed by atoms with Crippen molar-refractivity contribution in [1.82, 2.24) is 4.90 Å². The van der Waals surface area contributed by atoms with Crippen molar-refractivity contribution >= 4 is 17.6 Å². The van der Waals surface area contributed by atoms with E-state index in [9.17, 15) is 9.59 Å². The number of carbonyl (C=O) groups excluding carboxylic acids is 2. The highest BCUT2D eigenvalue weighted by atomic mass is 16.5. The summed E-state index contributed by atoms with van der Waals surface area (Å²) in [7, 11) is 2.96. The predicted molar refractivity (Wildman–Crippen MR) is 75.0 cm³/mol. The van der Waals surface area contributed by atoms with Crippen LogP contribution in [0.5, 0.6) is 11.5 Å². The predicted octanol–water partition coefficient (Wildman–Crippen LogP) is 1.04. The Labute approximate surface area is 117 Å². The fraction of sp³-hybridized carbons (Fsp3) is 0.385. The summed E-state index contributed by atoms with van der Waals surface area (Å²) in [5, 5.41) is 2.61. The van der Waals surface area contributed by atoms with E-state index in [0.29, 0.717) is 17.2 Å². The van der Waals surface area contributed by atoms with E-state index in [4.69, 9.17) is 15.2 Å². The van der Waals surface area contributed by atoms with Crippen molar-refractivity contribution in [2.24, 2.45) is 5.73 Å². The van der Waals surface area contributed by atoms with Crippen LogP contribution < -0.4 is 20.5 Å². The molecule has 0 spiro atoms. The normalized spacial score (nSPS) is 9.80. The molecule has 0 saturated heterocycles. The molecule has 7 nitrogen and oxygen atoms in total. The van der Waals surface area contributed by atoms with Gasteiger partial charge in [0.05, 0.1) is 14.2 Å². The van der Waals surface area contributed by atoms with Gasteiger partial charge in [0.25, 0.3) is 0 Å². The lowest BCUT2D eigenvalue weighted by Gasteiger charge is -2.20. The van der Waals surface area contributed by atoms with Gasteiger partial charge in [-0.25, -0.2) is 4.79 Å². The van der Waals surface area contributed by atoms with Crippen LogP contribution >= 0.6 is 0 Å². The van der Waals surface area contributed by atoms with Gasteiger partial charge in [0.2, 0.25) is 5.91 Å². The van der Waals surface area contributed by atoms with Crippen molar-refractivity contribution < 1.29 is 19.1 Å². The van der Waals surface area contributed by atoms with Crippen LogP contribution in [-0.4, -0.2) is 44.1 Å². The number of para-hydroxylation sites is 1. The molecule has 0 aliphatic rings. The zero-order valence-electron chi connectivity index (χ0n) is 11.8. The summed E-state index contributed by atoms with van der Waals surface area (Å²) in [5.74, 6) is 0.490. The fourth-order valence-electron chi connectivity index (χ4n) is 1.68. The number of methoxy groups -OCH3 is 2. The number of nitrogens with one attached hydrogen (secondary N) is 1. The third kappa shape index (κ3) is 3.61. The molecule has 0 bridgehead atoms. The molecule has 3 N–H and O–H groups in total. The van der Waals surface area contributed by atoms with E-state index in [1.54, 1.807) is 18.2 Å². The third-order valence-corrected chi connectivity index (χ3v) is 2.64. The SMILES string of the molecule is COc1cccc(OC)c1NC(=O)N(CCN)C(C)=O. The van der Waals surface area contributed by atoms with Crippen molar-refractivity contribution in [3.05, 3.63) is 18.2 Å². The molecule has 0 atom stereocenters. The smallest absolute Gasteiger partial charge is 0.328 e. The minimum absolute atomic E-state index is 0.138. The van der Waals surface area contributed by atoms with E-state index in [2.05, 4.69) is 5.32 Å². The van der Waals surface area contributed by atoms with Crippen LogP contribution in [0.2, 0.25) is 0 Å². The van der Waals surface area contributed by atoms with Gasteiger partial charge in [-0.05, 0) is 12.1 Å². The molecule has 0 aliphatic carbocycles. The molecule has 110 valence electrons. The Kier molecular flexibility index (Phi) is 5.79. The molecule has 20 heavy (non-hydrogen) atoms. The van der Waals surface area contributed by atoms with Gasteiger partial charge in [-0.15, -0.1) is 0 Å². The third-order valence-electron chi connectivity index (χ3n) is 2.64. The number of urea groups is 1. The minimum Gasteiger partial charge on any atom is -0.494 e. The summed E-state index contributed by atoms with van der Waals surface area (Å²) in [6, 6.07) is 4.51. The summed E-state index contributed by atoms with van der Waals surface area (Å²) in [6.45, 7) is 1.63. The van der Waals surface area contributed by atoms with Gasteiger partial charge in [0, 0.05) is 20.0 Å². The Bertz CT molecular complexity index is 468. The molecule has 0 fully saturated rings. The van der Waals surface area contributed by atoms with Gasteiger partial charge in [-0.2, -0.15) is 0 Å². The molecule has 0 aliphatic heterocycles. The van der Waals surface area contributed by atoms with Gasteiger partial charge >= 0.3 is 6.03 Å². The summed E-state index contributed by atoms with van der Waals surface area (Å²) < 4.78 is 10.3. The highest BCUT2D eigenvalue weighted by molar-refractivity contribution is 6.02.